The van der Waals surface area contributed by atoms with Gasteiger partial charge < -0.3 is 4.52 Å². The molecule has 0 unspecified atom stereocenters. The standard InChI is InChI=1S/C24H24N6O2S/c1-3-5-14-29-22(31)18-8-6-7-9-19(18)30-23(29)26-27-24(30)33-15-20-25-21(28-32-20)17-12-10-16(4-2)11-13-17/h6-13H,3-5,14-15H2,1-2H3. The Bertz CT molecular complexity index is 1470. The van der Waals surface area contributed by atoms with Gasteiger partial charge in [-0.25, -0.2) is 0 Å². The van der Waals surface area contributed by atoms with E-state index in [1.54, 1.807) is 4.57 Å². The Morgan fingerprint density at radius 1 is 1.03 bits per heavy atom. The smallest absolute Gasteiger partial charge is 0.262 e. The number of aryl methyl sites for hydroxylation is 2. The molecule has 8 nitrogen and oxygen atoms in total. The molecule has 0 amide bonds. The summed E-state index contributed by atoms with van der Waals surface area (Å²) in [6.07, 6.45) is 2.87. The van der Waals surface area contributed by atoms with Gasteiger partial charge in [0.1, 0.15) is 0 Å². The molecule has 5 aromatic rings. The minimum Gasteiger partial charge on any atom is -0.338 e. The first-order valence-corrected chi connectivity index (χ1v) is 12.1. The third kappa shape index (κ3) is 4.04. The van der Waals surface area contributed by atoms with Gasteiger partial charge in [0, 0.05) is 12.1 Å². The van der Waals surface area contributed by atoms with Crippen molar-refractivity contribution in [2.45, 2.75) is 50.6 Å². The third-order valence-electron chi connectivity index (χ3n) is 5.63. The number of thioether (sulfide) groups is 1. The molecule has 0 saturated carbocycles. The molecule has 3 aromatic heterocycles. The summed E-state index contributed by atoms with van der Waals surface area (Å²) in [5.41, 5.74) is 2.94. The van der Waals surface area contributed by atoms with Crippen LogP contribution in [0.4, 0.5) is 0 Å². The maximum atomic E-state index is 13.1. The molecular formula is C24H24N6O2S. The minimum absolute atomic E-state index is 0.0360. The topological polar surface area (TPSA) is 91.1 Å². The number of hydrogen-bond acceptors (Lipinski definition) is 7. The number of rotatable bonds is 8. The molecule has 2 aromatic carbocycles. The maximum Gasteiger partial charge on any atom is 0.262 e. The first kappa shape index (κ1) is 21.4. The van der Waals surface area contributed by atoms with E-state index in [0.717, 1.165) is 30.3 Å². The van der Waals surface area contributed by atoms with Crippen LogP contribution in [0.5, 0.6) is 0 Å². The summed E-state index contributed by atoms with van der Waals surface area (Å²) >= 11 is 1.46. The number of benzene rings is 2. The quantitative estimate of drug-likeness (QED) is 0.309. The summed E-state index contributed by atoms with van der Waals surface area (Å²) in [6, 6.07) is 15.7. The van der Waals surface area contributed by atoms with E-state index in [4.69, 9.17) is 4.52 Å². The van der Waals surface area contributed by atoms with Crippen LogP contribution in [0.1, 0.15) is 38.1 Å². The Morgan fingerprint density at radius 3 is 2.64 bits per heavy atom. The van der Waals surface area contributed by atoms with Gasteiger partial charge in [0.15, 0.2) is 5.16 Å². The van der Waals surface area contributed by atoms with Crippen molar-refractivity contribution in [1.82, 2.24) is 29.3 Å². The molecule has 5 rings (SSSR count). The van der Waals surface area contributed by atoms with E-state index in [-0.39, 0.29) is 5.56 Å². The lowest BCUT2D eigenvalue weighted by atomic mass is 10.1. The zero-order valence-corrected chi connectivity index (χ0v) is 19.4. The number of hydrogen-bond donors (Lipinski definition) is 0. The van der Waals surface area contributed by atoms with Gasteiger partial charge in [-0.3, -0.25) is 13.8 Å². The first-order chi connectivity index (χ1) is 16.2. The predicted octanol–water partition coefficient (Wildman–Crippen LogP) is 4.75. The fraction of sp³-hybridized carbons (Fsp3) is 0.292. The molecule has 9 heteroatoms. The molecule has 0 aliphatic heterocycles. The van der Waals surface area contributed by atoms with Crippen LogP contribution < -0.4 is 5.56 Å². The van der Waals surface area contributed by atoms with E-state index in [9.17, 15) is 4.79 Å². The van der Waals surface area contributed by atoms with E-state index in [1.165, 1.54) is 17.3 Å². The highest BCUT2D eigenvalue weighted by Crippen LogP contribution is 2.25. The summed E-state index contributed by atoms with van der Waals surface area (Å²) in [7, 11) is 0. The van der Waals surface area contributed by atoms with Crippen molar-refractivity contribution < 1.29 is 4.52 Å². The van der Waals surface area contributed by atoms with Crippen LogP contribution in [0.3, 0.4) is 0 Å². The van der Waals surface area contributed by atoms with Crippen LogP contribution >= 0.6 is 11.8 Å². The average Bonchev–Trinajstić information content (AvgIpc) is 3.50. The van der Waals surface area contributed by atoms with Gasteiger partial charge in [0.25, 0.3) is 5.56 Å². The van der Waals surface area contributed by atoms with E-state index in [2.05, 4.69) is 46.3 Å². The van der Waals surface area contributed by atoms with Gasteiger partial charge in [-0.2, -0.15) is 4.98 Å². The van der Waals surface area contributed by atoms with Gasteiger partial charge in [-0.05, 0) is 30.5 Å². The van der Waals surface area contributed by atoms with E-state index in [1.807, 2.05) is 40.8 Å². The minimum atomic E-state index is -0.0360. The molecule has 0 atom stereocenters. The summed E-state index contributed by atoms with van der Waals surface area (Å²) in [5.74, 6) is 2.08. The van der Waals surface area contributed by atoms with Gasteiger partial charge in [-0.1, -0.05) is 73.6 Å². The van der Waals surface area contributed by atoms with E-state index < -0.39 is 0 Å². The highest BCUT2D eigenvalue weighted by Gasteiger charge is 2.18. The Balaban J connectivity index is 1.46. The lowest BCUT2D eigenvalue weighted by Crippen LogP contribution is -2.23. The molecule has 168 valence electrons. The molecule has 0 spiro atoms. The Hall–Kier alpha value is -3.46. The molecule has 0 bridgehead atoms. The van der Waals surface area contributed by atoms with Crippen molar-refractivity contribution in [2.75, 3.05) is 0 Å². The second-order valence-corrected chi connectivity index (χ2v) is 8.74. The number of fused-ring (bicyclic) bond motifs is 3. The van der Waals surface area contributed by atoms with Gasteiger partial charge >= 0.3 is 0 Å². The van der Waals surface area contributed by atoms with E-state index in [0.29, 0.717) is 40.3 Å². The van der Waals surface area contributed by atoms with Crippen molar-refractivity contribution in [3.05, 3.63) is 70.3 Å². The van der Waals surface area contributed by atoms with Crippen LogP contribution in [0, 0.1) is 0 Å². The fourth-order valence-corrected chi connectivity index (χ4v) is 4.57. The van der Waals surface area contributed by atoms with Crippen molar-refractivity contribution in [3.63, 3.8) is 0 Å². The zero-order valence-electron chi connectivity index (χ0n) is 18.6. The van der Waals surface area contributed by atoms with Crippen LogP contribution in [0.25, 0.3) is 28.1 Å². The second-order valence-electron chi connectivity index (χ2n) is 7.80. The van der Waals surface area contributed by atoms with Crippen molar-refractivity contribution in [2.24, 2.45) is 0 Å². The molecule has 0 saturated heterocycles. The van der Waals surface area contributed by atoms with Crippen LogP contribution in [0.2, 0.25) is 0 Å². The first-order valence-electron chi connectivity index (χ1n) is 11.1. The highest BCUT2D eigenvalue weighted by atomic mass is 32.2. The number of aromatic nitrogens is 6. The average molecular weight is 461 g/mol. The van der Waals surface area contributed by atoms with Gasteiger partial charge in [0.2, 0.25) is 17.5 Å². The third-order valence-corrected chi connectivity index (χ3v) is 6.54. The Morgan fingerprint density at radius 2 is 1.85 bits per heavy atom. The summed E-state index contributed by atoms with van der Waals surface area (Å²) in [5, 5.41) is 14.2. The molecule has 33 heavy (non-hydrogen) atoms. The second kappa shape index (κ2) is 9.19. The van der Waals surface area contributed by atoms with E-state index >= 15 is 0 Å². The number of nitrogens with zero attached hydrogens (tertiary/aromatic N) is 6. The number of unbranched alkanes of at least 4 members (excludes halogenated alkanes) is 1. The predicted molar refractivity (Wildman–Crippen MR) is 128 cm³/mol. The summed E-state index contributed by atoms with van der Waals surface area (Å²) < 4.78 is 9.13. The molecule has 0 aliphatic rings. The summed E-state index contributed by atoms with van der Waals surface area (Å²) in [6.45, 7) is 4.83. The van der Waals surface area contributed by atoms with Crippen LogP contribution in [-0.4, -0.2) is 29.3 Å². The van der Waals surface area contributed by atoms with Gasteiger partial charge in [0.05, 0.1) is 16.7 Å². The Kier molecular flexibility index (Phi) is 5.95. The fourth-order valence-electron chi connectivity index (χ4n) is 3.79. The van der Waals surface area contributed by atoms with Crippen molar-refractivity contribution >= 4 is 28.4 Å². The normalized spacial score (nSPS) is 11.6. The SMILES string of the molecule is CCCCn1c(=O)c2ccccc2n2c(SCc3nc(-c4ccc(CC)cc4)no3)nnc12. The monoisotopic (exact) mass is 460 g/mol. The maximum absolute atomic E-state index is 13.1. The summed E-state index contributed by atoms with van der Waals surface area (Å²) in [4.78, 5) is 17.6. The molecular weight excluding hydrogens is 436 g/mol. The number of para-hydroxylation sites is 1. The molecule has 0 N–H and O–H groups in total. The van der Waals surface area contributed by atoms with Crippen molar-refractivity contribution in [3.8, 4) is 11.4 Å². The largest absolute Gasteiger partial charge is 0.338 e. The lowest BCUT2D eigenvalue weighted by molar-refractivity contribution is 0.391. The molecule has 0 radical (unpaired) electrons. The van der Waals surface area contributed by atoms with Crippen molar-refractivity contribution in [1.29, 1.82) is 0 Å². The lowest BCUT2D eigenvalue weighted by Gasteiger charge is -2.10. The molecule has 3 heterocycles. The zero-order chi connectivity index (χ0) is 22.8. The van der Waals surface area contributed by atoms with Gasteiger partial charge in [-0.15, -0.1) is 10.2 Å². The van der Waals surface area contributed by atoms with Crippen LogP contribution in [0.15, 0.2) is 63.0 Å². The van der Waals surface area contributed by atoms with Crippen LogP contribution in [-0.2, 0) is 18.7 Å². The molecule has 0 fully saturated rings. The molecule has 0 aliphatic carbocycles. The highest BCUT2D eigenvalue weighted by molar-refractivity contribution is 7.98. The Labute approximate surface area is 194 Å².